The zero-order valence-corrected chi connectivity index (χ0v) is 18.4. The van der Waals surface area contributed by atoms with Crippen molar-refractivity contribution in [1.29, 1.82) is 0 Å². The summed E-state index contributed by atoms with van der Waals surface area (Å²) in [6.45, 7) is 9.06. The molecule has 6 nitrogen and oxygen atoms in total. The average Bonchev–Trinajstić information content (AvgIpc) is 3.50. The molecule has 7 heteroatoms. The van der Waals surface area contributed by atoms with Crippen LogP contribution in [-0.2, 0) is 4.79 Å². The van der Waals surface area contributed by atoms with E-state index in [0.29, 0.717) is 12.6 Å². The molecule has 4 rings (SSSR count). The van der Waals surface area contributed by atoms with Gasteiger partial charge in [0, 0.05) is 31.4 Å². The van der Waals surface area contributed by atoms with Gasteiger partial charge in [-0.05, 0) is 57.6 Å². The van der Waals surface area contributed by atoms with Gasteiger partial charge >= 0.3 is 0 Å². The summed E-state index contributed by atoms with van der Waals surface area (Å²) in [4.78, 5) is 17.4. The van der Waals surface area contributed by atoms with Crippen LogP contribution < -0.4 is 9.80 Å². The van der Waals surface area contributed by atoms with Crippen LogP contribution in [0, 0.1) is 5.92 Å². The van der Waals surface area contributed by atoms with E-state index in [2.05, 4.69) is 26.6 Å². The Bertz CT molecular complexity index is 827. The molecule has 1 unspecified atom stereocenters. The molecule has 1 saturated heterocycles. The lowest BCUT2D eigenvalue weighted by atomic mass is 10.00. The highest BCUT2D eigenvalue weighted by atomic mass is 32.2. The molecule has 1 atom stereocenters. The van der Waals surface area contributed by atoms with Crippen molar-refractivity contribution in [1.82, 2.24) is 14.8 Å². The SMILES string of the molecule is CCN(C(=O)C(C)Sc1nnc(N2CCC(C)CC2)n1C1CC1)c1ccccc1. The molecule has 1 aliphatic heterocycles. The number of piperidine rings is 1. The van der Waals surface area contributed by atoms with Gasteiger partial charge in [-0.15, -0.1) is 10.2 Å². The first kappa shape index (κ1) is 20.3. The van der Waals surface area contributed by atoms with Crippen LogP contribution >= 0.6 is 11.8 Å². The van der Waals surface area contributed by atoms with Gasteiger partial charge in [0.25, 0.3) is 0 Å². The van der Waals surface area contributed by atoms with Gasteiger partial charge in [-0.25, -0.2) is 0 Å². The van der Waals surface area contributed by atoms with Crippen LogP contribution in [0.2, 0.25) is 0 Å². The quantitative estimate of drug-likeness (QED) is 0.631. The van der Waals surface area contributed by atoms with E-state index in [1.54, 1.807) is 11.8 Å². The number of aromatic nitrogens is 3. The van der Waals surface area contributed by atoms with E-state index in [-0.39, 0.29) is 11.2 Å². The fourth-order valence-electron chi connectivity index (χ4n) is 3.93. The highest BCUT2D eigenvalue weighted by Crippen LogP contribution is 2.42. The van der Waals surface area contributed by atoms with Gasteiger partial charge in [0.15, 0.2) is 5.16 Å². The monoisotopic (exact) mass is 413 g/mol. The van der Waals surface area contributed by atoms with Crippen molar-refractivity contribution in [3.8, 4) is 0 Å². The van der Waals surface area contributed by atoms with Crippen molar-refractivity contribution in [3.05, 3.63) is 30.3 Å². The number of thioether (sulfide) groups is 1. The molecule has 1 aromatic heterocycles. The largest absolute Gasteiger partial charge is 0.341 e. The van der Waals surface area contributed by atoms with Crippen molar-refractivity contribution in [3.63, 3.8) is 0 Å². The van der Waals surface area contributed by atoms with Crippen LogP contribution in [0.3, 0.4) is 0 Å². The Labute approximate surface area is 177 Å². The molecule has 0 N–H and O–H groups in total. The predicted octanol–water partition coefficient (Wildman–Crippen LogP) is 4.38. The minimum atomic E-state index is -0.217. The number of carbonyl (C=O) groups is 1. The fourth-order valence-corrected chi connectivity index (χ4v) is 4.90. The maximum Gasteiger partial charge on any atom is 0.240 e. The minimum Gasteiger partial charge on any atom is -0.341 e. The summed E-state index contributed by atoms with van der Waals surface area (Å²) in [5, 5.41) is 9.73. The van der Waals surface area contributed by atoms with Gasteiger partial charge in [-0.3, -0.25) is 9.36 Å². The molecular weight excluding hydrogens is 382 g/mol. The second-order valence-corrected chi connectivity index (χ2v) is 9.54. The van der Waals surface area contributed by atoms with Crippen LogP contribution in [0.25, 0.3) is 0 Å². The number of rotatable bonds is 7. The molecular formula is C22H31N5OS. The van der Waals surface area contributed by atoms with Gasteiger partial charge in [0.05, 0.1) is 5.25 Å². The summed E-state index contributed by atoms with van der Waals surface area (Å²) in [6.07, 6.45) is 4.77. The molecule has 156 valence electrons. The second kappa shape index (κ2) is 8.78. The minimum absolute atomic E-state index is 0.113. The second-order valence-electron chi connectivity index (χ2n) is 8.23. The standard InChI is InChI=1S/C22H31N5OS/c1-4-26(18-8-6-5-7-9-18)20(28)17(3)29-22-24-23-21(27(22)19-10-11-19)25-14-12-16(2)13-15-25/h5-9,16-17,19H,4,10-15H2,1-3H3. The van der Waals surface area contributed by atoms with Crippen molar-refractivity contribution in [2.75, 3.05) is 29.4 Å². The number of hydrogen-bond acceptors (Lipinski definition) is 5. The fraction of sp³-hybridized carbons (Fsp3) is 0.591. The Morgan fingerprint density at radius 2 is 1.86 bits per heavy atom. The van der Waals surface area contributed by atoms with E-state index in [9.17, 15) is 4.79 Å². The number of anilines is 2. The van der Waals surface area contributed by atoms with Gasteiger partial charge < -0.3 is 9.80 Å². The third kappa shape index (κ3) is 4.44. The van der Waals surface area contributed by atoms with E-state index < -0.39 is 0 Å². The Morgan fingerprint density at radius 3 is 2.48 bits per heavy atom. The van der Waals surface area contributed by atoms with Crippen LogP contribution in [0.1, 0.15) is 52.5 Å². The van der Waals surface area contributed by atoms with Gasteiger partial charge in [0.2, 0.25) is 11.9 Å². The van der Waals surface area contributed by atoms with E-state index >= 15 is 0 Å². The summed E-state index contributed by atoms with van der Waals surface area (Å²) in [5.41, 5.74) is 0.944. The van der Waals surface area contributed by atoms with Crippen LogP contribution in [0.15, 0.2) is 35.5 Å². The first-order valence-corrected chi connectivity index (χ1v) is 11.7. The molecule has 29 heavy (non-hydrogen) atoms. The third-order valence-electron chi connectivity index (χ3n) is 5.91. The normalized spacial score (nSPS) is 18.7. The third-order valence-corrected chi connectivity index (χ3v) is 6.95. The zero-order chi connectivity index (χ0) is 20.4. The summed E-state index contributed by atoms with van der Waals surface area (Å²) in [6, 6.07) is 10.4. The van der Waals surface area contributed by atoms with Crippen LogP contribution in [-0.4, -0.2) is 45.6 Å². The predicted molar refractivity (Wildman–Crippen MR) is 119 cm³/mol. The molecule has 2 fully saturated rings. The maximum atomic E-state index is 13.2. The smallest absolute Gasteiger partial charge is 0.240 e. The topological polar surface area (TPSA) is 54.3 Å². The van der Waals surface area contributed by atoms with E-state index in [0.717, 1.165) is 35.8 Å². The Kier molecular flexibility index (Phi) is 6.13. The first-order chi connectivity index (χ1) is 14.1. The van der Waals surface area contributed by atoms with Crippen molar-refractivity contribution < 1.29 is 4.79 Å². The van der Waals surface area contributed by atoms with Gasteiger partial charge in [0.1, 0.15) is 0 Å². The lowest BCUT2D eigenvalue weighted by molar-refractivity contribution is -0.117. The molecule has 2 aromatic rings. The molecule has 1 aromatic carbocycles. The number of hydrogen-bond donors (Lipinski definition) is 0. The summed E-state index contributed by atoms with van der Waals surface area (Å²) >= 11 is 1.54. The molecule has 2 heterocycles. The maximum absolute atomic E-state index is 13.2. The lowest BCUT2D eigenvalue weighted by Crippen LogP contribution is -2.36. The summed E-state index contributed by atoms with van der Waals surface area (Å²) < 4.78 is 2.29. The van der Waals surface area contributed by atoms with E-state index in [1.807, 2.05) is 49.1 Å². The number of amides is 1. The van der Waals surface area contributed by atoms with Crippen molar-refractivity contribution in [2.45, 2.75) is 62.9 Å². The van der Waals surface area contributed by atoms with E-state index in [1.165, 1.54) is 25.7 Å². The Hall–Kier alpha value is -2.02. The zero-order valence-electron chi connectivity index (χ0n) is 17.6. The van der Waals surface area contributed by atoms with Crippen LogP contribution in [0.5, 0.6) is 0 Å². The molecule has 1 amide bonds. The highest BCUT2D eigenvalue weighted by molar-refractivity contribution is 8.00. The van der Waals surface area contributed by atoms with Crippen molar-refractivity contribution >= 4 is 29.3 Å². The van der Waals surface area contributed by atoms with E-state index in [4.69, 9.17) is 0 Å². The molecule has 0 spiro atoms. The Morgan fingerprint density at radius 1 is 1.17 bits per heavy atom. The number of benzene rings is 1. The molecule has 0 bridgehead atoms. The molecule has 2 aliphatic rings. The number of carbonyl (C=O) groups excluding carboxylic acids is 1. The lowest BCUT2D eigenvalue weighted by Gasteiger charge is -2.31. The highest BCUT2D eigenvalue weighted by Gasteiger charge is 2.34. The molecule has 1 aliphatic carbocycles. The van der Waals surface area contributed by atoms with Gasteiger partial charge in [-0.2, -0.15) is 0 Å². The average molecular weight is 414 g/mol. The number of para-hydroxylation sites is 1. The number of nitrogens with zero attached hydrogens (tertiary/aromatic N) is 5. The Balaban J connectivity index is 1.51. The summed E-state index contributed by atoms with van der Waals surface area (Å²) in [7, 11) is 0. The molecule has 0 radical (unpaired) electrons. The van der Waals surface area contributed by atoms with Crippen LogP contribution in [0.4, 0.5) is 11.6 Å². The van der Waals surface area contributed by atoms with Crippen molar-refractivity contribution in [2.24, 2.45) is 5.92 Å². The first-order valence-electron chi connectivity index (χ1n) is 10.8. The molecule has 1 saturated carbocycles. The summed E-state index contributed by atoms with van der Waals surface area (Å²) in [5.74, 6) is 1.90. The van der Waals surface area contributed by atoms with Gasteiger partial charge in [-0.1, -0.05) is 36.9 Å².